The van der Waals surface area contributed by atoms with Crippen molar-refractivity contribution >= 4 is 17.6 Å². The summed E-state index contributed by atoms with van der Waals surface area (Å²) in [6.07, 6.45) is 3.68. The minimum Gasteiger partial charge on any atom is -0.464 e. The first-order valence-electron chi connectivity index (χ1n) is 11.0. The first-order valence-corrected chi connectivity index (χ1v) is 11.0. The van der Waals surface area contributed by atoms with Gasteiger partial charge in [-0.2, -0.15) is 0 Å². The van der Waals surface area contributed by atoms with Gasteiger partial charge in [0.1, 0.15) is 11.3 Å². The van der Waals surface area contributed by atoms with Crippen LogP contribution >= 0.6 is 0 Å². The quantitative estimate of drug-likeness (QED) is 0.491. The number of aromatic nitrogens is 2. The van der Waals surface area contributed by atoms with E-state index in [0.29, 0.717) is 12.1 Å². The van der Waals surface area contributed by atoms with Gasteiger partial charge in [-0.25, -0.2) is 9.78 Å². The standard InChI is InChI=1S/C26H30N4O4/c1-17-12-19(10-11-28-17)20-14-22(25(29-15-20)33-16-23(31)34-26(2,3)4)30-24(32)21(27)13-18-8-6-5-7-9-18/h5-12,14-15,21H,13,16,27H2,1-4H3,(H,30,32). The number of nitrogens with one attached hydrogen (secondary N) is 1. The van der Waals surface area contributed by atoms with Crippen molar-refractivity contribution in [3.8, 4) is 17.0 Å². The lowest BCUT2D eigenvalue weighted by Gasteiger charge is -2.20. The molecule has 3 rings (SSSR count). The van der Waals surface area contributed by atoms with Gasteiger partial charge in [0.2, 0.25) is 11.8 Å². The second-order valence-corrected chi connectivity index (χ2v) is 8.92. The number of carbonyl (C=O) groups excluding carboxylic acids is 2. The monoisotopic (exact) mass is 462 g/mol. The molecule has 3 N–H and O–H groups in total. The summed E-state index contributed by atoms with van der Waals surface area (Å²) >= 11 is 0. The van der Waals surface area contributed by atoms with Gasteiger partial charge in [0, 0.05) is 23.7 Å². The third-order valence-corrected chi connectivity index (χ3v) is 4.72. The number of rotatable bonds is 8. The highest BCUT2D eigenvalue weighted by atomic mass is 16.6. The number of nitrogens with zero attached hydrogens (tertiary/aromatic N) is 2. The Balaban J connectivity index is 1.82. The van der Waals surface area contributed by atoms with Crippen LogP contribution < -0.4 is 15.8 Å². The molecule has 0 aliphatic rings. The normalized spacial score (nSPS) is 12.0. The van der Waals surface area contributed by atoms with Crippen LogP contribution in [0.5, 0.6) is 5.88 Å². The van der Waals surface area contributed by atoms with Gasteiger partial charge in [0.05, 0.1) is 6.04 Å². The van der Waals surface area contributed by atoms with Crippen LogP contribution in [0.4, 0.5) is 5.69 Å². The van der Waals surface area contributed by atoms with Gasteiger partial charge in [0.25, 0.3) is 0 Å². The topological polar surface area (TPSA) is 116 Å². The molecule has 1 amide bonds. The smallest absolute Gasteiger partial charge is 0.344 e. The number of esters is 1. The molecule has 0 saturated heterocycles. The highest BCUT2D eigenvalue weighted by Gasteiger charge is 2.20. The summed E-state index contributed by atoms with van der Waals surface area (Å²) in [4.78, 5) is 33.5. The van der Waals surface area contributed by atoms with Crippen LogP contribution in [0.25, 0.3) is 11.1 Å². The molecule has 0 radical (unpaired) electrons. The van der Waals surface area contributed by atoms with Crippen molar-refractivity contribution < 1.29 is 19.1 Å². The van der Waals surface area contributed by atoms with E-state index in [2.05, 4.69) is 15.3 Å². The summed E-state index contributed by atoms with van der Waals surface area (Å²) in [5.41, 5.74) is 9.25. The van der Waals surface area contributed by atoms with E-state index in [1.807, 2.05) is 49.4 Å². The molecule has 8 nitrogen and oxygen atoms in total. The summed E-state index contributed by atoms with van der Waals surface area (Å²) in [6.45, 7) is 6.86. The average Bonchev–Trinajstić information content (AvgIpc) is 2.77. The molecule has 0 bridgehead atoms. The molecule has 8 heteroatoms. The Labute approximate surface area is 199 Å². The number of benzene rings is 1. The molecule has 2 heterocycles. The van der Waals surface area contributed by atoms with Gasteiger partial charge in [-0.15, -0.1) is 0 Å². The second-order valence-electron chi connectivity index (χ2n) is 8.92. The number of carbonyl (C=O) groups is 2. The van der Waals surface area contributed by atoms with Gasteiger partial charge < -0.3 is 20.5 Å². The fourth-order valence-electron chi connectivity index (χ4n) is 3.22. The lowest BCUT2D eigenvalue weighted by molar-refractivity contribution is -0.157. The van der Waals surface area contributed by atoms with E-state index in [9.17, 15) is 9.59 Å². The Morgan fingerprint density at radius 2 is 1.79 bits per heavy atom. The Morgan fingerprint density at radius 1 is 1.06 bits per heavy atom. The van der Waals surface area contributed by atoms with Crippen molar-refractivity contribution in [2.45, 2.75) is 45.8 Å². The Morgan fingerprint density at radius 3 is 2.47 bits per heavy atom. The fourth-order valence-corrected chi connectivity index (χ4v) is 3.22. The van der Waals surface area contributed by atoms with Gasteiger partial charge >= 0.3 is 5.97 Å². The summed E-state index contributed by atoms with van der Waals surface area (Å²) in [5, 5.41) is 2.81. The number of pyridine rings is 2. The number of hydrogen-bond donors (Lipinski definition) is 2. The summed E-state index contributed by atoms with van der Waals surface area (Å²) in [7, 11) is 0. The molecule has 0 aliphatic carbocycles. The average molecular weight is 463 g/mol. The van der Waals surface area contributed by atoms with Crippen molar-refractivity contribution in [1.29, 1.82) is 0 Å². The maximum Gasteiger partial charge on any atom is 0.344 e. The molecule has 0 aliphatic heterocycles. The maximum atomic E-state index is 12.9. The van der Waals surface area contributed by atoms with Crippen molar-refractivity contribution in [2.24, 2.45) is 5.73 Å². The zero-order chi connectivity index (χ0) is 24.7. The van der Waals surface area contributed by atoms with Crippen LogP contribution in [-0.4, -0.2) is 40.1 Å². The van der Waals surface area contributed by atoms with Gasteiger partial charge in [-0.1, -0.05) is 30.3 Å². The number of aryl methyl sites for hydroxylation is 1. The molecule has 3 aromatic rings. The SMILES string of the molecule is Cc1cc(-c2cnc(OCC(=O)OC(C)(C)C)c(NC(=O)C(N)Cc3ccccc3)c2)ccn1. The zero-order valence-electron chi connectivity index (χ0n) is 19.9. The molecular weight excluding hydrogens is 432 g/mol. The van der Waals surface area contributed by atoms with Gasteiger partial charge in [-0.3, -0.25) is 9.78 Å². The molecule has 1 unspecified atom stereocenters. The lowest BCUT2D eigenvalue weighted by atomic mass is 10.1. The number of nitrogens with two attached hydrogens (primary N) is 1. The number of ether oxygens (including phenoxy) is 2. The largest absolute Gasteiger partial charge is 0.464 e. The molecule has 178 valence electrons. The highest BCUT2D eigenvalue weighted by Crippen LogP contribution is 2.29. The maximum absolute atomic E-state index is 12.9. The summed E-state index contributed by atoms with van der Waals surface area (Å²) in [6, 6.07) is 14.2. The summed E-state index contributed by atoms with van der Waals surface area (Å²) in [5.74, 6) is -0.835. The van der Waals surface area contributed by atoms with Gasteiger partial charge in [-0.05, 0) is 63.4 Å². The molecule has 0 saturated carbocycles. The lowest BCUT2D eigenvalue weighted by Crippen LogP contribution is -2.37. The van der Waals surface area contributed by atoms with Crippen LogP contribution in [0.1, 0.15) is 32.0 Å². The van der Waals surface area contributed by atoms with E-state index in [1.54, 1.807) is 39.2 Å². The Bertz CT molecular complexity index is 1140. The van der Waals surface area contributed by atoms with E-state index in [1.165, 1.54) is 0 Å². The van der Waals surface area contributed by atoms with E-state index in [0.717, 1.165) is 22.4 Å². The number of anilines is 1. The third-order valence-electron chi connectivity index (χ3n) is 4.72. The van der Waals surface area contributed by atoms with Crippen molar-refractivity contribution in [1.82, 2.24) is 9.97 Å². The molecule has 0 spiro atoms. The van der Waals surface area contributed by atoms with Crippen molar-refractivity contribution in [3.63, 3.8) is 0 Å². The number of amides is 1. The fraction of sp³-hybridized carbons (Fsp3) is 0.308. The first-order chi connectivity index (χ1) is 16.1. The summed E-state index contributed by atoms with van der Waals surface area (Å²) < 4.78 is 10.9. The zero-order valence-corrected chi connectivity index (χ0v) is 19.9. The van der Waals surface area contributed by atoms with Crippen molar-refractivity contribution in [3.05, 3.63) is 72.2 Å². The van der Waals surface area contributed by atoms with Crippen LogP contribution in [0.15, 0.2) is 60.9 Å². The van der Waals surface area contributed by atoms with Crippen LogP contribution in [0.3, 0.4) is 0 Å². The molecule has 2 aromatic heterocycles. The van der Waals surface area contributed by atoms with Crippen LogP contribution in [-0.2, 0) is 20.7 Å². The third kappa shape index (κ3) is 7.38. The minimum absolute atomic E-state index is 0.0978. The molecule has 34 heavy (non-hydrogen) atoms. The molecule has 1 aromatic carbocycles. The van der Waals surface area contributed by atoms with Crippen LogP contribution in [0.2, 0.25) is 0 Å². The van der Waals surface area contributed by atoms with E-state index >= 15 is 0 Å². The first kappa shape index (κ1) is 24.9. The molecular formula is C26H30N4O4. The Hall–Kier alpha value is -3.78. The van der Waals surface area contributed by atoms with Crippen LogP contribution in [0, 0.1) is 6.92 Å². The van der Waals surface area contributed by atoms with E-state index < -0.39 is 23.5 Å². The molecule has 0 fully saturated rings. The second kappa shape index (κ2) is 10.9. The van der Waals surface area contributed by atoms with E-state index in [4.69, 9.17) is 15.2 Å². The van der Waals surface area contributed by atoms with Crippen molar-refractivity contribution in [2.75, 3.05) is 11.9 Å². The molecule has 1 atom stereocenters. The predicted octanol–water partition coefficient (Wildman–Crippen LogP) is 3.68. The highest BCUT2D eigenvalue weighted by molar-refractivity contribution is 5.96. The van der Waals surface area contributed by atoms with E-state index in [-0.39, 0.29) is 12.5 Å². The predicted molar refractivity (Wildman–Crippen MR) is 130 cm³/mol. The Kier molecular flexibility index (Phi) is 7.96. The minimum atomic E-state index is -0.784. The number of hydrogen-bond acceptors (Lipinski definition) is 7. The van der Waals surface area contributed by atoms with Gasteiger partial charge in [0.15, 0.2) is 6.61 Å².